The van der Waals surface area contributed by atoms with Crippen LogP contribution in [0.1, 0.15) is 69.2 Å². The van der Waals surface area contributed by atoms with Gasteiger partial charge in [0.25, 0.3) is 0 Å². The number of benzene rings is 2. The molecule has 5 N–H and O–H groups in total. The lowest BCUT2D eigenvalue weighted by molar-refractivity contribution is 0.183. The second-order valence-electron chi connectivity index (χ2n) is 8.27. The summed E-state index contributed by atoms with van der Waals surface area (Å²) in [7, 11) is 1.86. The SMILES string of the molecule is C/C=C\c1c(Cl)cc(C(NC)c2ccc(N3CCCC3)cc2)c(O)c1N.CCCC(C)O. The highest BCUT2D eigenvalue weighted by Gasteiger charge is 2.21. The van der Waals surface area contributed by atoms with Crippen molar-refractivity contribution in [3.63, 3.8) is 0 Å². The molecule has 5 nitrogen and oxygen atoms in total. The Balaban J connectivity index is 0.000000534. The molecule has 0 spiro atoms. The molecule has 1 saturated heterocycles. The number of rotatable bonds is 7. The van der Waals surface area contributed by atoms with Crippen molar-refractivity contribution >= 4 is 29.1 Å². The average Bonchev–Trinajstić information content (AvgIpc) is 3.31. The molecule has 0 bridgehead atoms. The van der Waals surface area contributed by atoms with Gasteiger partial charge >= 0.3 is 0 Å². The van der Waals surface area contributed by atoms with E-state index in [9.17, 15) is 5.11 Å². The number of halogens is 1. The van der Waals surface area contributed by atoms with Gasteiger partial charge in [-0.3, -0.25) is 0 Å². The van der Waals surface area contributed by atoms with E-state index in [-0.39, 0.29) is 17.9 Å². The third-order valence-corrected chi connectivity index (χ3v) is 6.01. The van der Waals surface area contributed by atoms with Crippen LogP contribution in [0.3, 0.4) is 0 Å². The van der Waals surface area contributed by atoms with Gasteiger partial charge in [-0.2, -0.15) is 0 Å². The highest BCUT2D eigenvalue weighted by Crippen LogP contribution is 2.40. The zero-order valence-electron chi connectivity index (χ0n) is 19.7. The van der Waals surface area contributed by atoms with E-state index in [4.69, 9.17) is 22.4 Å². The normalized spacial score (nSPS) is 15.5. The lowest BCUT2D eigenvalue weighted by Gasteiger charge is -2.22. The van der Waals surface area contributed by atoms with Crippen molar-refractivity contribution in [3.05, 3.63) is 58.1 Å². The smallest absolute Gasteiger partial charge is 0.144 e. The van der Waals surface area contributed by atoms with Crippen LogP contribution in [-0.2, 0) is 0 Å². The van der Waals surface area contributed by atoms with Gasteiger partial charge in [-0.1, -0.05) is 49.2 Å². The molecule has 3 rings (SSSR count). The van der Waals surface area contributed by atoms with Crippen LogP contribution in [0.4, 0.5) is 11.4 Å². The van der Waals surface area contributed by atoms with Crippen LogP contribution in [0.5, 0.6) is 5.75 Å². The first-order valence-electron chi connectivity index (χ1n) is 11.5. The molecule has 176 valence electrons. The van der Waals surface area contributed by atoms with Gasteiger partial charge in [-0.25, -0.2) is 0 Å². The van der Waals surface area contributed by atoms with Crippen molar-refractivity contribution in [2.75, 3.05) is 30.8 Å². The molecule has 2 aromatic rings. The summed E-state index contributed by atoms with van der Waals surface area (Å²) in [5, 5.41) is 23.0. The summed E-state index contributed by atoms with van der Waals surface area (Å²) in [5.74, 6) is 0.0745. The van der Waals surface area contributed by atoms with Gasteiger partial charge in [0.15, 0.2) is 0 Å². The van der Waals surface area contributed by atoms with Crippen molar-refractivity contribution in [1.29, 1.82) is 0 Å². The van der Waals surface area contributed by atoms with Gasteiger partial charge in [-0.15, -0.1) is 0 Å². The van der Waals surface area contributed by atoms with Crippen molar-refractivity contribution < 1.29 is 10.2 Å². The molecule has 2 aromatic carbocycles. The largest absolute Gasteiger partial charge is 0.505 e. The van der Waals surface area contributed by atoms with E-state index in [0.29, 0.717) is 21.8 Å². The summed E-state index contributed by atoms with van der Waals surface area (Å²) in [6.45, 7) is 8.00. The highest BCUT2D eigenvalue weighted by molar-refractivity contribution is 6.32. The van der Waals surface area contributed by atoms with Crippen LogP contribution < -0.4 is 16.0 Å². The predicted molar refractivity (Wildman–Crippen MR) is 138 cm³/mol. The van der Waals surface area contributed by atoms with Crippen molar-refractivity contribution in [2.24, 2.45) is 0 Å². The van der Waals surface area contributed by atoms with E-state index in [2.05, 4.69) is 41.4 Å². The Morgan fingerprint density at radius 3 is 2.31 bits per heavy atom. The van der Waals surface area contributed by atoms with Gasteiger partial charge in [0, 0.05) is 29.9 Å². The van der Waals surface area contributed by atoms with Crippen LogP contribution in [0.2, 0.25) is 5.02 Å². The number of hydrogen-bond acceptors (Lipinski definition) is 5. The van der Waals surface area contributed by atoms with Gasteiger partial charge in [0.2, 0.25) is 0 Å². The topological polar surface area (TPSA) is 81.8 Å². The second-order valence-corrected chi connectivity index (χ2v) is 8.68. The third-order valence-electron chi connectivity index (χ3n) is 5.70. The number of nitrogens with one attached hydrogen (secondary N) is 1. The molecule has 1 aliphatic heterocycles. The van der Waals surface area contributed by atoms with Crippen molar-refractivity contribution in [3.8, 4) is 5.75 Å². The number of aromatic hydroxyl groups is 1. The molecule has 6 heteroatoms. The van der Waals surface area contributed by atoms with E-state index in [1.165, 1.54) is 18.5 Å². The number of phenolic OH excluding ortho intramolecular Hbond substituents is 1. The number of anilines is 2. The fourth-order valence-electron chi connectivity index (χ4n) is 4.02. The number of aliphatic hydroxyl groups excluding tert-OH is 1. The Morgan fingerprint density at radius 1 is 1.22 bits per heavy atom. The molecule has 1 aliphatic rings. The number of phenols is 1. The first-order valence-corrected chi connectivity index (χ1v) is 11.9. The molecule has 0 radical (unpaired) electrons. The molecule has 0 saturated carbocycles. The van der Waals surface area contributed by atoms with Gasteiger partial charge in [-0.05, 0) is 63.9 Å². The van der Waals surface area contributed by atoms with Crippen molar-refractivity contribution in [2.45, 2.75) is 58.6 Å². The van der Waals surface area contributed by atoms with Crippen LogP contribution in [-0.4, -0.2) is 36.5 Å². The maximum Gasteiger partial charge on any atom is 0.144 e. The van der Waals surface area contributed by atoms with Gasteiger partial charge < -0.3 is 26.2 Å². The fraction of sp³-hybridized carbons (Fsp3) is 0.462. The maximum absolute atomic E-state index is 10.7. The van der Waals surface area contributed by atoms with E-state index in [1.807, 2.05) is 27.0 Å². The fourth-order valence-corrected chi connectivity index (χ4v) is 4.31. The van der Waals surface area contributed by atoms with Crippen molar-refractivity contribution in [1.82, 2.24) is 5.32 Å². The molecule has 2 unspecified atom stereocenters. The Bertz CT molecular complexity index is 876. The Labute approximate surface area is 197 Å². The second kappa shape index (κ2) is 12.7. The monoisotopic (exact) mass is 459 g/mol. The molecular weight excluding hydrogens is 422 g/mol. The minimum absolute atomic E-state index is 0.0745. The molecule has 0 aliphatic carbocycles. The number of nitrogens with zero attached hydrogens (tertiary/aromatic N) is 1. The molecule has 2 atom stereocenters. The highest BCUT2D eigenvalue weighted by atomic mass is 35.5. The minimum Gasteiger partial charge on any atom is -0.505 e. The van der Waals surface area contributed by atoms with Crippen LogP contribution in [0.25, 0.3) is 6.08 Å². The number of allylic oxidation sites excluding steroid dienone is 1. The summed E-state index contributed by atoms with van der Waals surface area (Å²) in [4.78, 5) is 2.40. The zero-order valence-corrected chi connectivity index (χ0v) is 20.5. The lowest BCUT2D eigenvalue weighted by atomic mass is 9.95. The molecule has 32 heavy (non-hydrogen) atoms. The third kappa shape index (κ3) is 6.64. The zero-order chi connectivity index (χ0) is 23.7. The van der Waals surface area contributed by atoms with Crippen LogP contribution >= 0.6 is 11.6 Å². The summed E-state index contributed by atoms with van der Waals surface area (Å²) >= 11 is 6.41. The number of aliphatic hydroxyl groups is 1. The summed E-state index contributed by atoms with van der Waals surface area (Å²) in [5.41, 5.74) is 10.1. The van der Waals surface area contributed by atoms with Gasteiger partial charge in [0.05, 0.1) is 22.9 Å². The Kier molecular flexibility index (Phi) is 10.4. The summed E-state index contributed by atoms with van der Waals surface area (Å²) in [6, 6.07) is 10.1. The minimum atomic E-state index is -0.193. The molecular formula is C26H38ClN3O2. The van der Waals surface area contributed by atoms with Crippen LogP contribution in [0.15, 0.2) is 36.4 Å². The Morgan fingerprint density at radius 2 is 1.84 bits per heavy atom. The molecule has 0 aromatic heterocycles. The summed E-state index contributed by atoms with van der Waals surface area (Å²) in [6.07, 6.45) is 8.08. The first-order chi connectivity index (χ1) is 15.3. The van der Waals surface area contributed by atoms with Gasteiger partial charge in [0.1, 0.15) is 5.75 Å². The quantitative estimate of drug-likeness (QED) is 0.313. The molecule has 1 fully saturated rings. The average molecular weight is 460 g/mol. The van der Waals surface area contributed by atoms with E-state index in [0.717, 1.165) is 31.5 Å². The van der Waals surface area contributed by atoms with E-state index < -0.39 is 0 Å². The molecule has 1 heterocycles. The van der Waals surface area contributed by atoms with E-state index in [1.54, 1.807) is 12.1 Å². The lowest BCUT2D eigenvalue weighted by Crippen LogP contribution is -2.20. The predicted octanol–water partition coefficient (Wildman–Crippen LogP) is 5.74. The number of nitrogen functional groups attached to an aromatic ring is 1. The maximum atomic E-state index is 10.7. The standard InChI is InChI=1S/C21H26ClN3O.C5H12O/c1-3-6-16-18(22)13-17(21(26)19(16)23)20(24-2)14-7-9-15(10-8-14)25-11-4-5-12-25;1-3-4-5(2)6/h3,6-10,13,20,24,26H,4-5,11-12,23H2,1-2H3;5-6H,3-4H2,1-2H3/b6-3-;. The number of nitrogens with two attached hydrogens (primary N) is 1. The molecule has 0 amide bonds. The Hall–Kier alpha value is -2.21. The van der Waals surface area contributed by atoms with Crippen LogP contribution in [0, 0.1) is 0 Å². The van der Waals surface area contributed by atoms with E-state index >= 15 is 0 Å². The summed E-state index contributed by atoms with van der Waals surface area (Å²) < 4.78 is 0. The first kappa shape index (κ1) is 26.0. The number of hydrogen-bond donors (Lipinski definition) is 4.